The van der Waals surface area contributed by atoms with E-state index in [9.17, 15) is 4.79 Å². The van der Waals surface area contributed by atoms with Gasteiger partial charge in [-0.2, -0.15) is 11.8 Å². The zero-order valence-electron chi connectivity index (χ0n) is 9.07. The third-order valence-corrected chi connectivity index (χ3v) is 3.74. The molecule has 1 aromatic rings. The summed E-state index contributed by atoms with van der Waals surface area (Å²) in [6.07, 6.45) is 2.02. The monoisotopic (exact) mass is 225 g/mol. The number of hydrogen-bond donors (Lipinski definition) is 2. The van der Waals surface area contributed by atoms with E-state index in [2.05, 4.69) is 13.8 Å². The van der Waals surface area contributed by atoms with Gasteiger partial charge in [0.2, 0.25) is 0 Å². The molecule has 0 saturated heterocycles. The molecule has 1 rings (SSSR count). The van der Waals surface area contributed by atoms with Crippen molar-refractivity contribution < 1.29 is 9.90 Å². The van der Waals surface area contributed by atoms with Gasteiger partial charge in [-0.3, -0.25) is 0 Å². The first-order valence-corrected chi connectivity index (χ1v) is 5.79. The van der Waals surface area contributed by atoms with Gasteiger partial charge in [0.05, 0.1) is 5.56 Å². The average Bonchev–Trinajstić information content (AvgIpc) is 2.17. The smallest absolute Gasteiger partial charge is 0.337 e. The molecule has 1 aromatic carbocycles. The Morgan fingerprint density at radius 3 is 2.47 bits per heavy atom. The second-order valence-electron chi connectivity index (χ2n) is 3.82. The molecular formula is C11H15NO2S. The Morgan fingerprint density at radius 1 is 1.47 bits per heavy atom. The molecule has 3 N–H and O–H groups in total. The summed E-state index contributed by atoms with van der Waals surface area (Å²) < 4.78 is -0.0504. The van der Waals surface area contributed by atoms with Gasteiger partial charge in [-0.25, -0.2) is 4.79 Å². The zero-order valence-corrected chi connectivity index (χ0v) is 9.89. The summed E-state index contributed by atoms with van der Waals surface area (Å²) in [6.45, 7) is 4.15. The van der Waals surface area contributed by atoms with Gasteiger partial charge in [-0.05, 0) is 37.8 Å². The van der Waals surface area contributed by atoms with E-state index >= 15 is 0 Å². The molecule has 0 aromatic heterocycles. The lowest BCUT2D eigenvalue weighted by molar-refractivity contribution is 0.0698. The van der Waals surface area contributed by atoms with Gasteiger partial charge in [0, 0.05) is 10.4 Å². The standard InChI is InChI=1S/C11H15NO2S/c1-11(2,15-3)7-4-5-8(10(13)14)9(12)6-7/h4-6H,12H2,1-3H3,(H,13,14). The molecule has 0 saturated carbocycles. The fraction of sp³-hybridized carbons (Fsp3) is 0.364. The minimum Gasteiger partial charge on any atom is -0.478 e. The van der Waals surface area contributed by atoms with Crippen LogP contribution in [0.1, 0.15) is 29.8 Å². The maximum absolute atomic E-state index is 10.8. The number of nitrogens with two attached hydrogens (primary N) is 1. The Bertz CT molecular complexity index is 388. The maximum atomic E-state index is 10.8. The van der Waals surface area contributed by atoms with Crippen molar-refractivity contribution >= 4 is 23.4 Å². The highest BCUT2D eigenvalue weighted by molar-refractivity contribution is 7.99. The highest BCUT2D eigenvalue weighted by atomic mass is 32.2. The number of nitrogen functional groups attached to an aromatic ring is 1. The number of carbonyl (C=O) groups is 1. The van der Waals surface area contributed by atoms with E-state index in [4.69, 9.17) is 10.8 Å². The van der Waals surface area contributed by atoms with Gasteiger partial charge >= 0.3 is 5.97 Å². The summed E-state index contributed by atoms with van der Waals surface area (Å²) in [4.78, 5) is 10.8. The van der Waals surface area contributed by atoms with E-state index in [0.29, 0.717) is 5.69 Å². The summed E-state index contributed by atoms with van der Waals surface area (Å²) in [5.41, 5.74) is 7.21. The van der Waals surface area contributed by atoms with Crippen LogP contribution in [0.5, 0.6) is 0 Å². The van der Waals surface area contributed by atoms with Gasteiger partial charge < -0.3 is 10.8 Å². The van der Waals surface area contributed by atoms with Crippen molar-refractivity contribution in [2.24, 2.45) is 0 Å². The number of rotatable bonds is 3. The summed E-state index contributed by atoms with van der Waals surface area (Å²) in [6, 6.07) is 5.11. The molecule has 0 fully saturated rings. The first-order chi connectivity index (χ1) is 6.88. The quantitative estimate of drug-likeness (QED) is 0.776. The van der Waals surface area contributed by atoms with E-state index in [1.54, 1.807) is 23.9 Å². The Labute approximate surface area is 93.7 Å². The number of thioether (sulfide) groups is 1. The van der Waals surface area contributed by atoms with Crippen molar-refractivity contribution in [1.29, 1.82) is 0 Å². The lowest BCUT2D eigenvalue weighted by Gasteiger charge is -2.23. The number of hydrogen-bond acceptors (Lipinski definition) is 3. The third-order valence-electron chi connectivity index (χ3n) is 2.49. The van der Waals surface area contributed by atoms with Crippen molar-refractivity contribution in [1.82, 2.24) is 0 Å². The minimum absolute atomic E-state index is 0.0504. The Morgan fingerprint density at radius 2 is 2.07 bits per heavy atom. The summed E-state index contributed by atoms with van der Waals surface area (Å²) >= 11 is 1.70. The Kier molecular flexibility index (Phi) is 3.29. The van der Waals surface area contributed by atoms with Crippen LogP contribution in [0.2, 0.25) is 0 Å². The molecule has 0 bridgehead atoms. The van der Waals surface area contributed by atoms with E-state index in [-0.39, 0.29) is 10.3 Å². The van der Waals surface area contributed by atoms with Gasteiger partial charge in [0.15, 0.2) is 0 Å². The molecule has 0 amide bonds. The van der Waals surface area contributed by atoms with Crippen LogP contribution < -0.4 is 5.73 Å². The summed E-state index contributed by atoms with van der Waals surface area (Å²) in [5, 5.41) is 8.83. The lowest BCUT2D eigenvalue weighted by atomic mass is 9.99. The summed E-state index contributed by atoms with van der Waals surface area (Å²) in [7, 11) is 0. The molecule has 0 heterocycles. The van der Waals surface area contributed by atoms with E-state index in [0.717, 1.165) is 5.56 Å². The molecular weight excluding hydrogens is 210 g/mol. The van der Waals surface area contributed by atoms with Gasteiger partial charge in [-0.15, -0.1) is 0 Å². The normalized spacial score (nSPS) is 11.4. The average molecular weight is 225 g/mol. The fourth-order valence-electron chi connectivity index (χ4n) is 1.25. The van der Waals surface area contributed by atoms with Gasteiger partial charge in [0.1, 0.15) is 0 Å². The molecule has 15 heavy (non-hydrogen) atoms. The SMILES string of the molecule is CSC(C)(C)c1ccc(C(=O)O)c(N)c1. The predicted molar refractivity (Wildman–Crippen MR) is 64.4 cm³/mol. The van der Waals surface area contributed by atoms with Crippen LogP contribution in [0, 0.1) is 0 Å². The number of anilines is 1. The zero-order chi connectivity index (χ0) is 11.6. The molecule has 0 aliphatic carbocycles. The second kappa shape index (κ2) is 4.14. The number of carboxylic acid groups (broad SMARTS) is 1. The Hall–Kier alpha value is -1.16. The molecule has 0 spiro atoms. The van der Waals surface area contributed by atoms with Crippen molar-refractivity contribution in [3.05, 3.63) is 29.3 Å². The molecule has 82 valence electrons. The largest absolute Gasteiger partial charge is 0.478 e. The molecule has 0 aliphatic rings. The van der Waals surface area contributed by atoms with Crippen LogP contribution in [0.3, 0.4) is 0 Å². The first-order valence-electron chi connectivity index (χ1n) is 4.57. The fourth-order valence-corrected chi connectivity index (χ4v) is 1.61. The molecule has 0 radical (unpaired) electrons. The van der Waals surface area contributed by atoms with Crippen molar-refractivity contribution in [3.63, 3.8) is 0 Å². The number of benzene rings is 1. The van der Waals surface area contributed by atoms with Gasteiger partial charge in [0.25, 0.3) is 0 Å². The highest BCUT2D eigenvalue weighted by Gasteiger charge is 2.20. The number of aromatic carboxylic acids is 1. The maximum Gasteiger partial charge on any atom is 0.337 e. The molecule has 4 heteroatoms. The van der Waals surface area contributed by atoms with E-state index in [1.807, 2.05) is 12.3 Å². The van der Waals surface area contributed by atoms with E-state index < -0.39 is 5.97 Å². The topological polar surface area (TPSA) is 63.3 Å². The Balaban J connectivity index is 3.18. The van der Waals surface area contributed by atoms with Crippen LogP contribution >= 0.6 is 11.8 Å². The lowest BCUT2D eigenvalue weighted by Crippen LogP contribution is -2.13. The molecule has 0 unspecified atom stereocenters. The third kappa shape index (κ3) is 2.45. The molecule has 0 aliphatic heterocycles. The van der Waals surface area contributed by atoms with Crippen molar-refractivity contribution in [2.75, 3.05) is 12.0 Å². The van der Waals surface area contributed by atoms with Crippen molar-refractivity contribution in [2.45, 2.75) is 18.6 Å². The minimum atomic E-state index is -0.985. The van der Waals surface area contributed by atoms with Crippen LogP contribution in [0.15, 0.2) is 18.2 Å². The van der Waals surface area contributed by atoms with E-state index in [1.165, 1.54) is 0 Å². The van der Waals surface area contributed by atoms with Crippen LogP contribution in [-0.4, -0.2) is 17.3 Å². The highest BCUT2D eigenvalue weighted by Crippen LogP contribution is 2.34. The van der Waals surface area contributed by atoms with Crippen LogP contribution in [-0.2, 0) is 4.75 Å². The van der Waals surface area contributed by atoms with Crippen molar-refractivity contribution in [3.8, 4) is 0 Å². The first kappa shape index (κ1) is 11.9. The second-order valence-corrected chi connectivity index (χ2v) is 5.25. The number of carboxylic acids is 1. The molecule has 0 atom stereocenters. The van der Waals surface area contributed by atoms with Gasteiger partial charge in [-0.1, -0.05) is 6.07 Å². The summed E-state index contributed by atoms with van der Waals surface area (Å²) in [5.74, 6) is -0.985. The molecule has 3 nitrogen and oxygen atoms in total. The predicted octanol–water partition coefficient (Wildman–Crippen LogP) is 2.57. The van der Waals surface area contributed by atoms with Crippen LogP contribution in [0.25, 0.3) is 0 Å². The van der Waals surface area contributed by atoms with Crippen LogP contribution in [0.4, 0.5) is 5.69 Å².